The van der Waals surface area contributed by atoms with E-state index in [4.69, 9.17) is 4.74 Å². The topological polar surface area (TPSA) is 96.0 Å². The molecule has 4 aliphatic heterocycles. The molecule has 2 saturated heterocycles. The predicted octanol–water partition coefficient (Wildman–Crippen LogP) is 2.29. The third-order valence-electron chi connectivity index (χ3n) is 7.40. The van der Waals surface area contributed by atoms with Crippen LogP contribution in [0.25, 0.3) is 0 Å². The van der Waals surface area contributed by atoms with Gasteiger partial charge in [0, 0.05) is 17.3 Å². The van der Waals surface area contributed by atoms with Gasteiger partial charge in [0.2, 0.25) is 5.91 Å². The molecule has 3 unspecified atom stereocenters. The molecule has 6 rings (SSSR count). The van der Waals surface area contributed by atoms with Gasteiger partial charge in [-0.25, -0.2) is 4.90 Å². The number of methoxy groups -OCH3 is 1. The van der Waals surface area contributed by atoms with Crippen LogP contribution in [0.15, 0.2) is 42.5 Å². The summed E-state index contributed by atoms with van der Waals surface area (Å²) in [5.41, 5.74) is 1.50. The third kappa shape index (κ3) is 2.25. The van der Waals surface area contributed by atoms with Gasteiger partial charge < -0.3 is 10.1 Å². The number of hydrogen-bond acceptors (Lipinski definition) is 6. The van der Waals surface area contributed by atoms with E-state index in [2.05, 4.69) is 10.2 Å². The molecule has 2 aromatic carbocycles. The normalized spacial score (nSPS) is 28.2. The summed E-state index contributed by atoms with van der Waals surface area (Å²) in [5, 5.41) is 2.96. The van der Waals surface area contributed by atoms with Crippen molar-refractivity contribution in [2.24, 2.45) is 5.92 Å². The monoisotopic (exact) mass is 431 g/mol. The number of benzene rings is 2. The van der Waals surface area contributed by atoms with E-state index in [-0.39, 0.29) is 29.7 Å². The second kappa shape index (κ2) is 6.49. The Morgan fingerprint density at radius 1 is 1.09 bits per heavy atom. The SMILES string of the molecule is COC(=O)C1CC2(C(=O)Nc3ccc(N4C(=O)c5ccccc5C4=O)cc32)N2CCCC12. The number of imide groups is 1. The predicted molar refractivity (Wildman–Crippen MR) is 114 cm³/mol. The van der Waals surface area contributed by atoms with Gasteiger partial charge in [-0.05, 0) is 56.1 Å². The fourth-order valence-electron chi connectivity index (χ4n) is 6.03. The van der Waals surface area contributed by atoms with E-state index in [1.807, 2.05) is 0 Å². The molecule has 0 aliphatic carbocycles. The number of fused-ring (bicyclic) bond motifs is 5. The van der Waals surface area contributed by atoms with E-state index in [1.54, 1.807) is 42.5 Å². The largest absolute Gasteiger partial charge is 0.469 e. The van der Waals surface area contributed by atoms with E-state index in [9.17, 15) is 19.2 Å². The first kappa shape index (κ1) is 19.2. The first-order valence-corrected chi connectivity index (χ1v) is 10.8. The van der Waals surface area contributed by atoms with Gasteiger partial charge in [0.05, 0.1) is 29.8 Å². The molecule has 1 N–H and O–H groups in total. The highest BCUT2D eigenvalue weighted by molar-refractivity contribution is 6.34. The number of ether oxygens (including phenoxy) is 1. The van der Waals surface area contributed by atoms with Crippen molar-refractivity contribution in [3.63, 3.8) is 0 Å². The van der Waals surface area contributed by atoms with Crippen molar-refractivity contribution in [1.82, 2.24) is 4.90 Å². The Labute approximate surface area is 184 Å². The first-order chi connectivity index (χ1) is 15.5. The average molecular weight is 431 g/mol. The summed E-state index contributed by atoms with van der Waals surface area (Å²) < 4.78 is 5.04. The molecule has 32 heavy (non-hydrogen) atoms. The van der Waals surface area contributed by atoms with E-state index in [0.29, 0.717) is 41.0 Å². The summed E-state index contributed by atoms with van der Waals surface area (Å²) in [6, 6.07) is 11.8. The van der Waals surface area contributed by atoms with Gasteiger partial charge in [-0.15, -0.1) is 0 Å². The standard InChI is InChI=1S/C24H21N3O5/c1-32-22(30)16-12-24(26-10-4-7-19(16)26)17-11-13(8-9-18(17)25-23(24)31)27-20(28)14-5-2-3-6-15(14)21(27)29/h2-3,5-6,8-9,11,16,19H,4,7,10,12H2,1H3,(H,25,31). The Hall–Kier alpha value is -3.52. The Morgan fingerprint density at radius 2 is 1.81 bits per heavy atom. The molecule has 0 bridgehead atoms. The quantitative estimate of drug-likeness (QED) is 0.579. The van der Waals surface area contributed by atoms with Crippen LogP contribution in [0.1, 0.15) is 45.5 Å². The van der Waals surface area contributed by atoms with Crippen LogP contribution in [0.4, 0.5) is 11.4 Å². The number of hydrogen-bond donors (Lipinski definition) is 1. The van der Waals surface area contributed by atoms with Crippen molar-refractivity contribution in [3.05, 3.63) is 59.2 Å². The molecule has 3 atom stereocenters. The summed E-state index contributed by atoms with van der Waals surface area (Å²) in [5.74, 6) is -1.64. The van der Waals surface area contributed by atoms with E-state index < -0.39 is 11.5 Å². The summed E-state index contributed by atoms with van der Waals surface area (Å²) in [6.45, 7) is 0.697. The molecule has 0 aromatic heterocycles. The summed E-state index contributed by atoms with van der Waals surface area (Å²) >= 11 is 0. The summed E-state index contributed by atoms with van der Waals surface area (Å²) in [4.78, 5) is 55.1. The molecule has 162 valence electrons. The molecule has 2 aromatic rings. The van der Waals surface area contributed by atoms with Gasteiger partial charge in [-0.3, -0.25) is 24.1 Å². The maximum absolute atomic E-state index is 13.3. The number of anilines is 2. The van der Waals surface area contributed by atoms with Gasteiger partial charge in [-0.2, -0.15) is 0 Å². The van der Waals surface area contributed by atoms with E-state index >= 15 is 0 Å². The van der Waals surface area contributed by atoms with E-state index in [0.717, 1.165) is 17.7 Å². The second-order valence-electron chi connectivity index (χ2n) is 8.77. The van der Waals surface area contributed by atoms with Gasteiger partial charge in [0.15, 0.2) is 0 Å². The molecule has 0 saturated carbocycles. The minimum absolute atomic E-state index is 0.0675. The minimum atomic E-state index is -1.01. The molecule has 8 heteroatoms. The van der Waals surface area contributed by atoms with Crippen molar-refractivity contribution in [2.75, 3.05) is 23.9 Å². The first-order valence-electron chi connectivity index (χ1n) is 10.8. The van der Waals surface area contributed by atoms with Gasteiger partial charge in [-0.1, -0.05) is 12.1 Å². The van der Waals surface area contributed by atoms with Crippen molar-refractivity contribution in [3.8, 4) is 0 Å². The molecule has 4 aliphatic rings. The highest BCUT2D eigenvalue weighted by Crippen LogP contribution is 2.55. The van der Waals surface area contributed by atoms with Crippen LogP contribution in [-0.2, 0) is 19.9 Å². The van der Waals surface area contributed by atoms with Crippen LogP contribution in [0.5, 0.6) is 0 Å². The Balaban J connectivity index is 1.46. The molecule has 1 spiro atoms. The van der Waals surface area contributed by atoms with Crippen molar-refractivity contribution >= 4 is 35.1 Å². The van der Waals surface area contributed by atoms with Crippen molar-refractivity contribution in [1.29, 1.82) is 0 Å². The zero-order chi connectivity index (χ0) is 22.2. The Kier molecular flexibility index (Phi) is 3.89. The summed E-state index contributed by atoms with van der Waals surface area (Å²) in [7, 11) is 1.37. The lowest BCUT2D eigenvalue weighted by molar-refractivity contribution is -0.146. The molecular weight excluding hydrogens is 410 g/mol. The lowest BCUT2D eigenvalue weighted by atomic mass is 9.84. The molecular formula is C24H21N3O5. The number of carbonyl (C=O) groups is 4. The van der Waals surface area contributed by atoms with Crippen molar-refractivity contribution in [2.45, 2.75) is 30.8 Å². The van der Waals surface area contributed by atoms with Crippen LogP contribution < -0.4 is 10.2 Å². The van der Waals surface area contributed by atoms with Crippen LogP contribution >= 0.6 is 0 Å². The molecule has 2 fully saturated rings. The zero-order valence-corrected chi connectivity index (χ0v) is 17.5. The van der Waals surface area contributed by atoms with Gasteiger partial charge >= 0.3 is 5.97 Å². The Bertz CT molecular complexity index is 1190. The van der Waals surface area contributed by atoms with Crippen LogP contribution in [0.2, 0.25) is 0 Å². The minimum Gasteiger partial charge on any atom is -0.469 e. The van der Waals surface area contributed by atoms with Crippen molar-refractivity contribution < 1.29 is 23.9 Å². The molecule has 8 nitrogen and oxygen atoms in total. The number of carbonyl (C=O) groups excluding carboxylic acids is 4. The Morgan fingerprint density at radius 3 is 2.50 bits per heavy atom. The number of rotatable bonds is 2. The zero-order valence-electron chi connectivity index (χ0n) is 17.5. The number of esters is 1. The van der Waals surface area contributed by atoms with Crippen LogP contribution in [0.3, 0.4) is 0 Å². The average Bonchev–Trinajstić information content (AvgIpc) is 3.53. The third-order valence-corrected chi connectivity index (χ3v) is 7.40. The smallest absolute Gasteiger partial charge is 0.310 e. The number of nitrogens with one attached hydrogen (secondary N) is 1. The maximum Gasteiger partial charge on any atom is 0.310 e. The van der Waals surface area contributed by atoms with Gasteiger partial charge in [0.25, 0.3) is 11.8 Å². The molecule has 0 radical (unpaired) electrons. The summed E-state index contributed by atoms with van der Waals surface area (Å²) in [6.07, 6.45) is 2.03. The second-order valence-corrected chi connectivity index (χ2v) is 8.77. The van der Waals surface area contributed by atoms with Crippen LogP contribution in [-0.4, -0.2) is 48.3 Å². The highest BCUT2D eigenvalue weighted by Gasteiger charge is 2.63. The number of amides is 3. The van der Waals surface area contributed by atoms with Crippen LogP contribution in [0, 0.1) is 5.92 Å². The van der Waals surface area contributed by atoms with Gasteiger partial charge in [0.1, 0.15) is 5.54 Å². The van der Waals surface area contributed by atoms with E-state index in [1.165, 1.54) is 7.11 Å². The highest BCUT2D eigenvalue weighted by atomic mass is 16.5. The maximum atomic E-state index is 13.3. The fourth-order valence-corrected chi connectivity index (χ4v) is 6.03. The molecule has 3 amide bonds. The fraction of sp³-hybridized carbons (Fsp3) is 0.333. The lowest BCUT2D eigenvalue weighted by Crippen LogP contribution is -2.47. The molecule has 4 heterocycles. The lowest BCUT2D eigenvalue weighted by Gasteiger charge is -2.33. The number of nitrogens with zero attached hydrogens (tertiary/aromatic N) is 2.